The van der Waals surface area contributed by atoms with Gasteiger partial charge in [-0.2, -0.15) is 0 Å². The number of carbonyl (C=O) groups excluding carboxylic acids is 1. The zero-order valence-electron chi connectivity index (χ0n) is 8.67. The molecule has 1 amide bonds. The molecule has 90 valence electrons. The van der Waals surface area contributed by atoms with Crippen molar-refractivity contribution in [3.63, 3.8) is 0 Å². The maximum absolute atomic E-state index is 12.0. The van der Waals surface area contributed by atoms with E-state index in [1.807, 2.05) is 0 Å². The van der Waals surface area contributed by atoms with Gasteiger partial charge in [0.15, 0.2) is 0 Å². The molecule has 7 heteroatoms. The molecule has 0 spiro atoms. The van der Waals surface area contributed by atoms with Gasteiger partial charge in [-0.1, -0.05) is 11.6 Å². The molecule has 2 heterocycles. The summed E-state index contributed by atoms with van der Waals surface area (Å²) in [5.41, 5.74) is 0.350. The second-order valence-corrected chi connectivity index (χ2v) is 4.89. The van der Waals surface area contributed by atoms with Crippen LogP contribution in [0, 0.1) is 0 Å². The Hall–Kier alpha value is -1.27. The van der Waals surface area contributed by atoms with Gasteiger partial charge in [-0.25, -0.2) is 9.78 Å². The number of pyridine rings is 1. The minimum atomic E-state index is -0.981. The number of halogens is 1. The Balaban J connectivity index is 2.19. The molecule has 17 heavy (non-hydrogen) atoms. The number of amides is 1. The monoisotopic (exact) mass is 272 g/mol. The smallest absolute Gasteiger partial charge is 0.327 e. The molecule has 1 fully saturated rings. The molecule has 1 aromatic heterocycles. The molecule has 2 rings (SSSR count). The molecule has 1 aromatic rings. The first-order valence-electron chi connectivity index (χ1n) is 4.82. The first kappa shape index (κ1) is 12.2. The van der Waals surface area contributed by atoms with Gasteiger partial charge in [0.1, 0.15) is 11.2 Å². The van der Waals surface area contributed by atoms with Crippen molar-refractivity contribution in [3.05, 3.63) is 29.0 Å². The molecule has 1 N–H and O–H groups in total. The van der Waals surface area contributed by atoms with Gasteiger partial charge in [0.05, 0.1) is 11.4 Å². The summed E-state index contributed by atoms with van der Waals surface area (Å²) in [5.74, 6) is -0.502. The number of carboxylic acids is 1. The minimum absolute atomic E-state index is 0.298. The van der Waals surface area contributed by atoms with Crippen LogP contribution < -0.4 is 0 Å². The second-order valence-electron chi connectivity index (χ2n) is 3.50. The lowest BCUT2D eigenvalue weighted by molar-refractivity contribution is -0.140. The third-order valence-corrected chi connectivity index (χ3v) is 3.64. The number of nitrogens with zero attached hydrogens (tertiary/aromatic N) is 2. The van der Waals surface area contributed by atoms with Gasteiger partial charge in [0, 0.05) is 11.9 Å². The summed E-state index contributed by atoms with van der Waals surface area (Å²) in [5, 5.41) is 9.28. The van der Waals surface area contributed by atoms with Crippen LogP contribution >= 0.6 is 23.4 Å². The zero-order chi connectivity index (χ0) is 12.4. The number of aliphatic carboxylic acids is 1. The van der Waals surface area contributed by atoms with Crippen molar-refractivity contribution < 1.29 is 14.7 Å². The van der Waals surface area contributed by atoms with Crippen LogP contribution in [-0.4, -0.2) is 44.5 Å². The van der Waals surface area contributed by atoms with E-state index >= 15 is 0 Å². The average Bonchev–Trinajstić information content (AvgIpc) is 2.78. The van der Waals surface area contributed by atoms with Crippen molar-refractivity contribution in [1.82, 2.24) is 9.88 Å². The van der Waals surface area contributed by atoms with Gasteiger partial charge >= 0.3 is 5.97 Å². The van der Waals surface area contributed by atoms with Gasteiger partial charge in [-0.05, 0) is 12.1 Å². The molecule has 0 aromatic carbocycles. The molecule has 1 unspecified atom stereocenters. The Bertz CT molecular complexity index is 451. The van der Waals surface area contributed by atoms with Gasteiger partial charge in [0.25, 0.3) is 5.91 Å². The van der Waals surface area contributed by atoms with Crippen LogP contribution in [0.25, 0.3) is 0 Å². The van der Waals surface area contributed by atoms with E-state index in [1.54, 1.807) is 6.07 Å². The largest absolute Gasteiger partial charge is 0.480 e. The quantitative estimate of drug-likeness (QED) is 0.823. The second kappa shape index (κ2) is 4.93. The molecule has 1 atom stereocenters. The predicted octanol–water partition coefficient (Wildman–Crippen LogP) is 1.33. The van der Waals surface area contributed by atoms with Crippen LogP contribution in [0.3, 0.4) is 0 Å². The third kappa shape index (κ3) is 2.53. The number of thioether (sulfide) groups is 1. The molecule has 0 radical (unpaired) electrons. The lowest BCUT2D eigenvalue weighted by atomic mass is 10.2. The van der Waals surface area contributed by atoms with Crippen LogP contribution in [0.15, 0.2) is 18.3 Å². The minimum Gasteiger partial charge on any atom is -0.480 e. The summed E-state index contributed by atoms with van der Waals surface area (Å²) in [6.45, 7) is 0. The third-order valence-electron chi connectivity index (χ3n) is 2.40. The Morgan fingerprint density at radius 3 is 2.88 bits per heavy atom. The maximum atomic E-state index is 12.0. The van der Waals surface area contributed by atoms with Crippen molar-refractivity contribution in [2.45, 2.75) is 6.04 Å². The van der Waals surface area contributed by atoms with E-state index in [4.69, 9.17) is 16.7 Å². The normalized spacial score (nSPS) is 19.4. The fraction of sp³-hybridized carbons (Fsp3) is 0.300. The van der Waals surface area contributed by atoms with E-state index in [2.05, 4.69) is 4.98 Å². The summed E-state index contributed by atoms with van der Waals surface area (Å²) >= 11 is 7.04. The summed E-state index contributed by atoms with van der Waals surface area (Å²) in [6.07, 6.45) is 1.35. The van der Waals surface area contributed by atoms with Crippen molar-refractivity contribution in [2.24, 2.45) is 0 Å². The van der Waals surface area contributed by atoms with Crippen LogP contribution in [-0.2, 0) is 4.79 Å². The van der Waals surface area contributed by atoms with Crippen molar-refractivity contribution >= 4 is 35.2 Å². The number of hydrogen-bond donors (Lipinski definition) is 1. The summed E-state index contributed by atoms with van der Waals surface area (Å²) in [7, 11) is 0. The van der Waals surface area contributed by atoms with Crippen molar-refractivity contribution in [2.75, 3.05) is 11.6 Å². The maximum Gasteiger partial charge on any atom is 0.327 e. The van der Waals surface area contributed by atoms with Crippen LogP contribution in [0.2, 0.25) is 5.15 Å². The van der Waals surface area contributed by atoms with Gasteiger partial charge < -0.3 is 10.0 Å². The Morgan fingerprint density at radius 1 is 1.53 bits per heavy atom. The highest BCUT2D eigenvalue weighted by atomic mass is 35.5. The Morgan fingerprint density at radius 2 is 2.29 bits per heavy atom. The lowest BCUT2D eigenvalue weighted by Crippen LogP contribution is -2.41. The van der Waals surface area contributed by atoms with Gasteiger partial charge in [-0.15, -0.1) is 11.8 Å². The Kier molecular flexibility index (Phi) is 3.54. The fourth-order valence-electron chi connectivity index (χ4n) is 1.52. The van der Waals surface area contributed by atoms with Gasteiger partial charge in [-0.3, -0.25) is 4.79 Å². The summed E-state index contributed by atoms with van der Waals surface area (Å²) in [6, 6.07) is 2.29. The standard InChI is InChI=1S/C10H9ClN2O3S/c11-8-2-1-6(3-12-8)9(14)13-5-17-4-7(13)10(15)16/h1-3,7H,4-5H2,(H,15,16). The SMILES string of the molecule is O=C(O)C1CSCN1C(=O)c1ccc(Cl)nc1. The molecule has 0 bridgehead atoms. The van der Waals surface area contributed by atoms with E-state index < -0.39 is 12.0 Å². The van der Waals surface area contributed by atoms with Crippen LogP contribution in [0.4, 0.5) is 0 Å². The highest BCUT2D eigenvalue weighted by molar-refractivity contribution is 7.99. The van der Waals surface area contributed by atoms with Crippen LogP contribution in [0.5, 0.6) is 0 Å². The molecular formula is C10H9ClN2O3S. The molecule has 1 aliphatic rings. The molecule has 1 aliphatic heterocycles. The highest BCUT2D eigenvalue weighted by Gasteiger charge is 2.34. The topological polar surface area (TPSA) is 70.5 Å². The summed E-state index contributed by atoms with van der Waals surface area (Å²) < 4.78 is 0. The molecule has 0 aliphatic carbocycles. The molecule has 0 saturated carbocycles. The van der Waals surface area contributed by atoms with E-state index in [-0.39, 0.29) is 5.91 Å². The molecule has 1 saturated heterocycles. The first-order chi connectivity index (χ1) is 8.09. The first-order valence-corrected chi connectivity index (χ1v) is 6.36. The highest BCUT2D eigenvalue weighted by Crippen LogP contribution is 2.23. The van der Waals surface area contributed by atoms with Crippen molar-refractivity contribution in [3.8, 4) is 0 Å². The van der Waals surface area contributed by atoms with E-state index in [1.165, 1.54) is 28.9 Å². The predicted molar refractivity (Wildman–Crippen MR) is 64.2 cm³/mol. The fourth-order valence-corrected chi connectivity index (χ4v) is 2.77. The van der Waals surface area contributed by atoms with Gasteiger partial charge in [0.2, 0.25) is 0 Å². The zero-order valence-corrected chi connectivity index (χ0v) is 10.2. The molecule has 5 nitrogen and oxygen atoms in total. The number of aromatic nitrogens is 1. The van der Waals surface area contributed by atoms with E-state index in [0.717, 1.165) is 0 Å². The average molecular weight is 273 g/mol. The number of carboxylic acid groups (broad SMARTS) is 1. The number of rotatable bonds is 2. The summed E-state index contributed by atoms with van der Waals surface area (Å²) in [4.78, 5) is 28.1. The van der Waals surface area contributed by atoms with E-state index in [0.29, 0.717) is 22.3 Å². The molecular weight excluding hydrogens is 264 g/mol. The number of hydrogen-bond acceptors (Lipinski definition) is 4. The van der Waals surface area contributed by atoms with E-state index in [9.17, 15) is 9.59 Å². The Labute approximate surface area is 107 Å². The van der Waals surface area contributed by atoms with Crippen LogP contribution in [0.1, 0.15) is 10.4 Å². The van der Waals surface area contributed by atoms with Crippen molar-refractivity contribution in [1.29, 1.82) is 0 Å². The number of carbonyl (C=O) groups is 2. The lowest BCUT2D eigenvalue weighted by Gasteiger charge is -2.20.